The molecule has 0 spiro atoms. The summed E-state index contributed by atoms with van der Waals surface area (Å²) >= 11 is 0. The zero-order valence-electron chi connectivity index (χ0n) is 13.8. The smallest absolute Gasteiger partial charge is 0.107 e. The van der Waals surface area contributed by atoms with Gasteiger partial charge >= 0.3 is 0 Å². The molecule has 124 valence electrons. The van der Waals surface area contributed by atoms with Crippen LogP contribution in [0.25, 0.3) is 0 Å². The first-order chi connectivity index (χ1) is 12.3. The fourth-order valence-electron chi connectivity index (χ4n) is 3.27. The molecule has 2 heterocycles. The molecule has 1 N–H and O–H groups in total. The minimum Gasteiger partial charge on any atom is -0.395 e. The van der Waals surface area contributed by atoms with Crippen molar-refractivity contribution in [3.8, 4) is 17.9 Å². The van der Waals surface area contributed by atoms with Crippen molar-refractivity contribution in [2.24, 2.45) is 0 Å². The van der Waals surface area contributed by atoms with E-state index in [1.54, 1.807) is 18.5 Å². The number of aliphatic hydroxyl groups excluding tert-OH is 1. The van der Waals surface area contributed by atoms with Gasteiger partial charge in [-0.1, -0.05) is 30.0 Å². The van der Waals surface area contributed by atoms with E-state index >= 15 is 0 Å². The minimum absolute atomic E-state index is 0.00952. The second kappa shape index (κ2) is 7.77. The molecule has 0 radical (unpaired) electrons. The maximum atomic E-state index is 9.68. The number of rotatable bonds is 4. The molecular formula is C21H19N3O. The van der Waals surface area contributed by atoms with Crippen molar-refractivity contribution in [3.05, 3.63) is 78.1 Å². The SMILES string of the molecule is C=CCN1[C@H](C#N)[C@@H](c2ccc(C#Cc3cccnc3)cc2)[C@H]1CO. The van der Waals surface area contributed by atoms with Crippen LogP contribution in [0, 0.1) is 23.2 Å². The highest BCUT2D eigenvalue weighted by atomic mass is 16.3. The molecule has 4 nitrogen and oxygen atoms in total. The monoisotopic (exact) mass is 329 g/mol. The average Bonchev–Trinajstić information content (AvgIpc) is 2.65. The Bertz CT molecular complexity index is 827. The van der Waals surface area contributed by atoms with E-state index in [4.69, 9.17) is 0 Å². The average molecular weight is 329 g/mol. The number of aliphatic hydroxyl groups is 1. The lowest BCUT2D eigenvalue weighted by atomic mass is 9.75. The molecule has 0 aliphatic carbocycles. The van der Waals surface area contributed by atoms with E-state index in [0.717, 1.165) is 16.7 Å². The third-order valence-corrected chi connectivity index (χ3v) is 4.51. The van der Waals surface area contributed by atoms with Gasteiger partial charge in [-0.05, 0) is 29.8 Å². The first kappa shape index (κ1) is 16.9. The van der Waals surface area contributed by atoms with Crippen LogP contribution < -0.4 is 0 Å². The Hall–Kier alpha value is -2.92. The van der Waals surface area contributed by atoms with Crippen molar-refractivity contribution >= 4 is 0 Å². The predicted molar refractivity (Wildman–Crippen MR) is 96.6 cm³/mol. The van der Waals surface area contributed by atoms with Gasteiger partial charge in [0.15, 0.2) is 0 Å². The maximum absolute atomic E-state index is 9.68. The summed E-state index contributed by atoms with van der Waals surface area (Å²) in [5.41, 5.74) is 2.83. The summed E-state index contributed by atoms with van der Waals surface area (Å²) < 4.78 is 0. The first-order valence-electron chi connectivity index (χ1n) is 8.17. The number of nitrogens with zero attached hydrogens (tertiary/aromatic N) is 3. The number of pyridine rings is 1. The lowest BCUT2D eigenvalue weighted by molar-refractivity contribution is -0.00730. The summed E-state index contributed by atoms with van der Waals surface area (Å²) in [5, 5.41) is 19.1. The highest BCUT2D eigenvalue weighted by Crippen LogP contribution is 2.40. The molecule has 3 rings (SSSR count). The first-order valence-corrected chi connectivity index (χ1v) is 8.17. The van der Waals surface area contributed by atoms with E-state index in [9.17, 15) is 10.4 Å². The summed E-state index contributed by atoms with van der Waals surface area (Å²) in [6, 6.07) is 13.7. The van der Waals surface area contributed by atoms with Crippen molar-refractivity contribution in [1.29, 1.82) is 5.26 Å². The molecule has 1 aliphatic rings. The number of likely N-dealkylation sites (tertiary alicyclic amines) is 1. The topological polar surface area (TPSA) is 60.2 Å². The van der Waals surface area contributed by atoms with E-state index in [-0.39, 0.29) is 24.6 Å². The summed E-state index contributed by atoms with van der Waals surface area (Å²) in [4.78, 5) is 6.02. The Kier molecular flexibility index (Phi) is 5.26. The zero-order chi connectivity index (χ0) is 17.6. The van der Waals surface area contributed by atoms with Crippen LogP contribution in [0.4, 0.5) is 0 Å². The molecule has 0 bridgehead atoms. The summed E-state index contributed by atoms with van der Waals surface area (Å²) in [7, 11) is 0. The van der Waals surface area contributed by atoms with Gasteiger partial charge in [0.1, 0.15) is 6.04 Å². The Balaban J connectivity index is 1.77. The van der Waals surface area contributed by atoms with Gasteiger partial charge in [0.05, 0.1) is 12.7 Å². The summed E-state index contributed by atoms with van der Waals surface area (Å²) in [6.07, 6.45) is 5.21. The van der Waals surface area contributed by atoms with E-state index in [1.807, 2.05) is 41.3 Å². The molecule has 1 aliphatic heterocycles. The molecule has 25 heavy (non-hydrogen) atoms. The fraction of sp³-hybridized carbons (Fsp3) is 0.238. The number of benzene rings is 1. The molecule has 0 amide bonds. The molecule has 0 unspecified atom stereocenters. The normalized spacial score (nSPS) is 22.2. The number of hydrogen-bond donors (Lipinski definition) is 1. The molecule has 0 saturated carbocycles. The standard InChI is InChI=1S/C21H19N3O/c1-2-12-24-19(13-22)21(20(24)15-25)18-9-7-16(8-10-18)5-6-17-4-3-11-23-14-17/h2-4,7-11,14,19-21,25H,1,12,15H2/t19-,20-,21-/m1/s1. The summed E-state index contributed by atoms with van der Waals surface area (Å²) in [6.45, 7) is 4.36. The van der Waals surface area contributed by atoms with E-state index in [1.165, 1.54) is 0 Å². The van der Waals surface area contributed by atoms with Gasteiger partial charge in [-0.15, -0.1) is 6.58 Å². The number of hydrogen-bond acceptors (Lipinski definition) is 4. The van der Waals surface area contributed by atoms with E-state index in [2.05, 4.69) is 29.5 Å². The molecular weight excluding hydrogens is 310 g/mol. The molecule has 1 fully saturated rings. The van der Waals surface area contributed by atoms with Crippen LogP contribution in [-0.4, -0.2) is 40.2 Å². The van der Waals surface area contributed by atoms with Crippen LogP contribution in [0.1, 0.15) is 22.6 Å². The minimum atomic E-state index is -0.234. The Morgan fingerprint density at radius 2 is 1.96 bits per heavy atom. The highest BCUT2D eigenvalue weighted by Gasteiger charge is 2.48. The van der Waals surface area contributed by atoms with Gasteiger partial charge in [0.25, 0.3) is 0 Å². The number of aromatic nitrogens is 1. The second-order valence-corrected chi connectivity index (χ2v) is 5.95. The van der Waals surface area contributed by atoms with Gasteiger partial charge in [-0.3, -0.25) is 9.88 Å². The van der Waals surface area contributed by atoms with Crippen LogP contribution in [-0.2, 0) is 0 Å². The third-order valence-electron chi connectivity index (χ3n) is 4.51. The van der Waals surface area contributed by atoms with Crippen molar-refractivity contribution in [2.45, 2.75) is 18.0 Å². The summed E-state index contributed by atoms with van der Waals surface area (Å²) in [5.74, 6) is 6.20. The Morgan fingerprint density at radius 3 is 2.56 bits per heavy atom. The molecule has 3 atom stereocenters. The highest BCUT2D eigenvalue weighted by molar-refractivity contribution is 5.44. The predicted octanol–water partition coefficient (Wildman–Crippen LogP) is 2.32. The van der Waals surface area contributed by atoms with Crippen molar-refractivity contribution in [1.82, 2.24) is 9.88 Å². The van der Waals surface area contributed by atoms with Crippen molar-refractivity contribution in [3.63, 3.8) is 0 Å². The fourth-order valence-corrected chi connectivity index (χ4v) is 3.27. The lowest BCUT2D eigenvalue weighted by Crippen LogP contribution is -2.63. The quantitative estimate of drug-likeness (QED) is 0.691. The molecule has 2 aromatic rings. The van der Waals surface area contributed by atoms with Gasteiger partial charge in [0.2, 0.25) is 0 Å². The molecule has 1 aromatic heterocycles. The van der Waals surface area contributed by atoms with Crippen molar-refractivity contribution < 1.29 is 5.11 Å². The van der Waals surface area contributed by atoms with Crippen LogP contribution in [0.15, 0.2) is 61.4 Å². The van der Waals surface area contributed by atoms with Crippen LogP contribution in [0.3, 0.4) is 0 Å². The lowest BCUT2D eigenvalue weighted by Gasteiger charge is -2.51. The zero-order valence-corrected chi connectivity index (χ0v) is 13.8. The van der Waals surface area contributed by atoms with E-state index in [0.29, 0.717) is 6.54 Å². The van der Waals surface area contributed by atoms with Crippen LogP contribution >= 0.6 is 0 Å². The third kappa shape index (κ3) is 3.46. The molecule has 1 saturated heterocycles. The van der Waals surface area contributed by atoms with Gasteiger partial charge in [0, 0.05) is 42.0 Å². The second-order valence-electron chi connectivity index (χ2n) is 5.95. The van der Waals surface area contributed by atoms with Gasteiger partial charge in [-0.25, -0.2) is 0 Å². The largest absolute Gasteiger partial charge is 0.395 e. The van der Waals surface area contributed by atoms with Gasteiger partial charge in [-0.2, -0.15) is 5.26 Å². The van der Waals surface area contributed by atoms with Gasteiger partial charge < -0.3 is 5.11 Å². The molecule has 4 heteroatoms. The van der Waals surface area contributed by atoms with Crippen molar-refractivity contribution in [2.75, 3.05) is 13.2 Å². The maximum Gasteiger partial charge on any atom is 0.107 e. The Labute approximate surface area is 148 Å². The van der Waals surface area contributed by atoms with Crippen LogP contribution in [0.5, 0.6) is 0 Å². The van der Waals surface area contributed by atoms with Crippen LogP contribution in [0.2, 0.25) is 0 Å². The molecule has 1 aromatic carbocycles. The Morgan fingerprint density at radius 1 is 1.20 bits per heavy atom. The van der Waals surface area contributed by atoms with E-state index < -0.39 is 0 Å². The number of nitriles is 1.